The molecule has 0 heterocycles. The van der Waals surface area contributed by atoms with Gasteiger partial charge in [0.15, 0.2) is 0 Å². The van der Waals surface area contributed by atoms with Crippen LogP contribution in [-0.2, 0) is 0 Å². The Morgan fingerprint density at radius 1 is 1.18 bits per heavy atom. The lowest BCUT2D eigenvalue weighted by molar-refractivity contribution is 0.00716. The summed E-state index contributed by atoms with van der Waals surface area (Å²) in [6, 6.07) is 0. The molecule has 2 unspecified atom stereocenters. The first-order valence-electron chi connectivity index (χ1n) is 7.79. The van der Waals surface area contributed by atoms with Gasteiger partial charge < -0.3 is 0 Å². The Morgan fingerprint density at radius 3 is 2.65 bits per heavy atom. The number of hydrogen-bond donors (Lipinski definition) is 0. The zero-order chi connectivity index (χ0) is 12.0. The maximum absolute atomic E-state index is 2.59. The molecular formula is C17H28. The summed E-state index contributed by atoms with van der Waals surface area (Å²) in [7, 11) is 0. The van der Waals surface area contributed by atoms with Gasteiger partial charge in [-0.3, -0.25) is 0 Å². The van der Waals surface area contributed by atoms with Gasteiger partial charge in [-0.15, -0.1) is 0 Å². The number of allylic oxidation sites excluding steroid dienone is 2. The molecule has 0 N–H and O–H groups in total. The van der Waals surface area contributed by atoms with Gasteiger partial charge in [-0.1, -0.05) is 37.8 Å². The number of fused-ring (bicyclic) bond motifs is 1. The molecule has 3 rings (SSSR count). The SMILES string of the molecule is CC(=C1CC1)C1CC[C@@]2(C)CCC[C@@H](C)C2C1. The van der Waals surface area contributed by atoms with E-state index in [4.69, 9.17) is 0 Å². The van der Waals surface area contributed by atoms with Crippen molar-refractivity contribution < 1.29 is 0 Å². The van der Waals surface area contributed by atoms with Crippen LogP contribution in [0.4, 0.5) is 0 Å². The fourth-order valence-electron chi connectivity index (χ4n) is 4.80. The standard InChI is InChI=1S/C17H28/c1-12-5-4-9-17(3)10-8-15(11-16(12)17)13(2)14-6-7-14/h12,15-16H,4-11H2,1-3H3/t12-,15?,16?,17-/m1/s1. The quantitative estimate of drug-likeness (QED) is 0.535. The van der Waals surface area contributed by atoms with E-state index in [0.29, 0.717) is 5.41 Å². The fraction of sp³-hybridized carbons (Fsp3) is 0.882. The van der Waals surface area contributed by atoms with Crippen molar-refractivity contribution in [2.45, 2.75) is 72.1 Å². The lowest BCUT2D eigenvalue weighted by atomic mass is 9.54. The summed E-state index contributed by atoms with van der Waals surface area (Å²) < 4.78 is 0. The normalized spacial score (nSPS) is 45.4. The predicted octanol–water partition coefficient (Wildman–Crippen LogP) is 5.34. The molecule has 0 spiro atoms. The highest BCUT2D eigenvalue weighted by Crippen LogP contribution is 2.55. The van der Waals surface area contributed by atoms with E-state index < -0.39 is 0 Å². The topological polar surface area (TPSA) is 0 Å². The molecule has 3 aliphatic carbocycles. The van der Waals surface area contributed by atoms with Gasteiger partial charge in [0.1, 0.15) is 0 Å². The van der Waals surface area contributed by atoms with Gasteiger partial charge >= 0.3 is 0 Å². The van der Waals surface area contributed by atoms with Crippen LogP contribution in [0.3, 0.4) is 0 Å². The molecule has 3 aliphatic rings. The summed E-state index contributed by atoms with van der Waals surface area (Å²) in [6.45, 7) is 7.54. The number of rotatable bonds is 1. The first-order chi connectivity index (χ1) is 8.10. The summed E-state index contributed by atoms with van der Waals surface area (Å²) in [5.74, 6) is 2.95. The Hall–Kier alpha value is -0.260. The lowest BCUT2D eigenvalue weighted by Crippen LogP contribution is -2.41. The van der Waals surface area contributed by atoms with E-state index in [-0.39, 0.29) is 0 Å². The Labute approximate surface area is 107 Å². The van der Waals surface area contributed by atoms with Crippen LogP contribution < -0.4 is 0 Å². The summed E-state index contributed by atoms with van der Waals surface area (Å²) in [4.78, 5) is 0. The smallest absolute Gasteiger partial charge is 0.0200 e. The molecule has 17 heavy (non-hydrogen) atoms. The Bertz CT molecular complexity index is 332. The molecule has 0 nitrogen and oxygen atoms in total. The van der Waals surface area contributed by atoms with Crippen molar-refractivity contribution in [2.24, 2.45) is 23.2 Å². The average Bonchev–Trinajstić information content (AvgIpc) is 3.11. The van der Waals surface area contributed by atoms with Gasteiger partial charge in [0.2, 0.25) is 0 Å². The van der Waals surface area contributed by atoms with Crippen molar-refractivity contribution in [2.75, 3.05) is 0 Å². The third-order valence-electron chi connectivity index (χ3n) is 6.26. The van der Waals surface area contributed by atoms with Crippen LogP contribution >= 0.6 is 0 Å². The second-order valence-electron chi connectivity index (χ2n) is 7.39. The van der Waals surface area contributed by atoms with Gasteiger partial charge in [-0.05, 0) is 68.6 Å². The van der Waals surface area contributed by atoms with Crippen LogP contribution in [0.15, 0.2) is 11.1 Å². The first kappa shape index (κ1) is 11.8. The van der Waals surface area contributed by atoms with Crippen molar-refractivity contribution in [3.63, 3.8) is 0 Å². The number of hydrogen-bond acceptors (Lipinski definition) is 0. The van der Waals surface area contributed by atoms with Crippen molar-refractivity contribution in [3.8, 4) is 0 Å². The molecule has 4 atom stereocenters. The molecule has 0 aliphatic heterocycles. The Balaban J connectivity index is 1.77. The van der Waals surface area contributed by atoms with E-state index in [2.05, 4.69) is 20.8 Å². The third kappa shape index (κ3) is 2.09. The maximum atomic E-state index is 2.59. The molecule has 0 amide bonds. The van der Waals surface area contributed by atoms with Crippen LogP contribution in [0, 0.1) is 23.2 Å². The van der Waals surface area contributed by atoms with Gasteiger partial charge in [-0.25, -0.2) is 0 Å². The minimum Gasteiger partial charge on any atom is -0.0710 e. The molecule has 96 valence electrons. The molecule has 0 heteroatoms. The summed E-state index contributed by atoms with van der Waals surface area (Å²) in [5, 5.41) is 0. The van der Waals surface area contributed by atoms with E-state index in [1.807, 2.05) is 5.57 Å². The second kappa shape index (κ2) is 4.14. The second-order valence-corrected chi connectivity index (χ2v) is 7.39. The molecule has 0 saturated heterocycles. The molecule has 0 radical (unpaired) electrons. The molecule has 0 aromatic heterocycles. The Morgan fingerprint density at radius 2 is 1.94 bits per heavy atom. The van der Waals surface area contributed by atoms with E-state index in [1.54, 1.807) is 5.57 Å². The van der Waals surface area contributed by atoms with Crippen LogP contribution in [-0.4, -0.2) is 0 Å². The summed E-state index contributed by atoms with van der Waals surface area (Å²) >= 11 is 0. The van der Waals surface area contributed by atoms with E-state index >= 15 is 0 Å². The van der Waals surface area contributed by atoms with Crippen LogP contribution in [0.2, 0.25) is 0 Å². The van der Waals surface area contributed by atoms with Crippen LogP contribution in [0.25, 0.3) is 0 Å². The first-order valence-corrected chi connectivity index (χ1v) is 7.79. The summed E-state index contributed by atoms with van der Waals surface area (Å²) in [6.07, 6.45) is 11.8. The molecule has 0 aromatic carbocycles. The largest absolute Gasteiger partial charge is 0.0710 e. The zero-order valence-electron chi connectivity index (χ0n) is 11.9. The van der Waals surface area contributed by atoms with Crippen molar-refractivity contribution in [1.29, 1.82) is 0 Å². The molecular weight excluding hydrogens is 204 g/mol. The molecule has 3 fully saturated rings. The van der Waals surface area contributed by atoms with Crippen molar-refractivity contribution in [3.05, 3.63) is 11.1 Å². The molecule has 0 bridgehead atoms. The highest BCUT2D eigenvalue weighted by atomic mass is 14.5. The van der Waals surface area contributed by atoms with Crippen LogP contribution in [0.5, 0.6) is 0 Å². The monoisotopic (exact) mass is 232 g/mol. The Kier molecular flexibility index (Phi) is 2.88. The minimum atomic E-state index is 0.697. The molecule has 3 saturated carbocycles. The fourth-order valence-corrected chi connectivity index (χ4v) is 4.80. The van der Waals surface area contributed by atoms with E-state index in [0.717, 1.165) is 17.8 Å². The van der Waals surface area contributed by atoms with Gasteiger partial charge in [0.05, 0.1) is 0 Å². The van der Waals surface area contributed by atoms with Gasteiger partial charge in [0, 0.05) is 0 Å². The van der Waals surface area contributed by atoms with Gasteiger partial charge in [-0.2, -0.15) is 0 Å². The maximum Gasteiger partial charge on any atom is -0.0200 e. The lowest BCUT2D eigenvalue weighted by Gasteiger charge is -2.51. The van der Waals surface area contributed by atoms with Crippen LogP contribution in [0.1, 0.15) is 72.1 Å². The minimum absolute atomic E-state index is 0.697. The highest BCUT2D eigenvalue weighted by molar-refractivity contribution is 5.26. The average molecular weight is 232 g/mol. The highest BCUT2D eigenvalue weighted by Gasteiger charge is 2.44. The summed E-state index contributed by atoms with van der Waals surface area (Å²) in [5.41, 5.74) is 4.30. The van der Waals surface area contributed by atoms with Gasteiger partial charge in [0.25, 0.3) is 0 Å². The third-order valence-corrected chi connectivity index (χ3v) is 6.26. The predicted molar refractivity (Wildman–Crippen MR) is 73.9 cm³/mol. The zero-order valence-corrected chi connectivity index (χ0v) is 11.9. The molecule has 0 aromatic rings. The van der Waals surface area contributed by atoms with E-state index in [9.17, 15) is 0 Å². The van der Waals surface area contributed by atoms with E-state index in [1.165, 1.54) is 51.4 Å². The van der Waals surface area contributed by atoms with Crippen molar-refractivity contribution >= 4 is 0 Å². The van der Waals surface area contributed by atoms with Crippen molar-refractivity contribution in [1.82, 2.24) is 0 Å².